The van der Waals surface area contributed by atoms with Gasteiger partial charge in [-0.15, -0.1) is 0 Å². The summed E-state index contributed by atoms with van der Waals surface area (Å²) in [5, 5.41) is 2.25. The molecule has 0 saturated carbocycles. The average Bonchev–Trinajstić information content (AvgIpc) is 2.38. The zero-order chi connectivity index (χ0) is 19.9. The number of esters is 1. The lowest BCUT2D eigenvalue weighted by Crippen LogP contribution is -2.44. The molecule has 0 heterocycles. The molecular formula is C14H25F3N2O5S. The predicted molar refractivity (Wildman–Crippen MR) is 85.7 cm³/mol. The van der Waals surface area contributed by atoms with Crippen molar-refractivity contribution in [1.82, 2.24) is 5.32 Å². The number of carbonyl (C=O) groups excluding carboxylic acids is 2. The van der Waals surface area contributed by atoms with Crippen LogP contribution in [0.25, 0.3) is 0 Å². The second-order valence-corrected chi connectivity index (χ2v) is 8.89. The second-order valence-electron chi connectivity index (χ2n) is 6.45. The van der Waals surface area contributed by atoms with E-state index in [9.17, 15) is 27.0 Å². The number of methoxy groups -OCH3 is 1. The molecule has 0 saturated heterocycles. The molecule has 0 radical (unpaired) electrons. The third kappa shape index (κ3) is 12.5. The van der Waals surface area contributed by atoms with E-state index in [4.69, 9.17) is 9.52 Å². The van der Waals surface area contributed by atoms with E-state index < -0.39 is 58.2 Å². The third-order valence-electron chi connectivity index (χ3n) is 2.85. The van der Waals surface area contributed by atoms with Gasteiger partial charge in [-0.2, -0.15) is 13.2 Å². The summed E-state index contributed by atoms with van der Waals surface area (Å²) in [6, 6.07) is -1.20. The first-order valence-electron chi connectivity index (χ1n) is 7.53. The molecular weight excluding hydrogens is 365 g/mol. The number of carbonyl (C=O) groups is 2. The summed E-state index contributed by atoms with van der Waals surface area (Å²) in [6.07, 6.45) is -7.03. The molecule has 0 aromatic rings. The summed E-state index contributed by atoms with van der Waals surface area (Å²) in [5.74, 6) is -1.61. The van der Waals surface area contributed by atoms with Crippen molar-refractivity contribution in [3.8, 4) is 0 Å². The van der Waals surface area contributed by atoms with Crippen molar-refractivity contribution in [3.63, 3.8) is 0 Å². The standard InChI is InChI=1S/C14H25F3N2O5S/c1-13(2,3)24-12(21)19-10(11(20)23-4)6-9-25(18,22)8-5-7-14(15,16)17/h10,18H,5-9H2,1-4H3,(H,19,21)/t10-,25-/m0/s1. The first-order chi connectivity index (χ1) is 11.2. The Hall–Kier alpha value is -1.52. The van der Waals surface area contributed by atoms with Crippen LogP contribution in [0.4, 0.5) is 18.0 Å². The molecule has 25 heavy (non-hydrogen) atoms. The third-order valence-corrected chi connectivity index (χ3v) is 4.69. The molecule has 0 aliphatic carbocycles. The van der Waals surface area contributed by atoms with E-state index in [1.807, 2.05) is 0 Å². The van der Waals surface area contributed by atoms with Crippen LogP contribution in [0.15, 0.2) is 0 Å². The number of amides is 1. The molecule has 0 fully saturated rings. The number of alkyl halides is 3. The molecule has 0 aromatic carbocycles. The lowest BCUT2D eigenvalue weighted by Gasteiger charge is -2.22. The summed E-state index contributed by atoms with van der Waals surface area (Å²) in [4.78, 5) is 23.4. The van der Waals surface area contributed by atoms with Crippen LogP contribution in [-0.2, 0) is 24.0 Å². The van der Waals surface area contributed by atoms with E-state index in [0.717, 1.165) is 7.11 Å². The molecule has 7 nitrogen and oxygen atoms in total. The first-order valence-corrected chi connectivity index (χ1v) is 9.43. The maximum absolute atomic E-state index is 12.1. The highest BCUT2D eigenvalue weighted by Gasteiger charge is 2.28. The summed E-state index contributed by atoms with van der Waals surface area (Å²) in [5.41, 5.74) is -0.800. The molecule has 0 aliphatic heterocycles. The molecule has 148 valence electrons. The minimum atomic E-state index is -4.37. The van der Waals surface area contributed by atoms with Crippen molar-refractivity contribution in [3.05, 3.63) is 0 Å². The molecule has 0 bridgehead atoms. The summed E-state index contributed by atoms with van der Waals surface area (Å²) in [7, 11) is -2.22. The van der Waals surface area contributed by atoms with E-state index in [0.29, 0.717) is 0 Å². The first kappa shape index (κ1) is 23.5. The number of hydrogen-bond donors (Lipinski definition) is 2. The maximum atomic E-state index is 12.1. The molecule has 11 heteroatoms. The predicted octanol–water partition coefficient (Wildman–Crippen LogP) is 2.83. The minimum Gasteiger partial charge on any atom is -0.467 e. The van der Waals surface area contributed by atoms with E-state index in [1.165, 1.54) is 0 Å². The molecule has 0 aromatic heterocycles. The van der Waals surface area contributed by atoms with Crippen molar-refractivity contribution in [2.45, 2.75) is 57.9 Å². The van der Waals surface area contributed by atoms with E-state index in [2.05, 4.69) is 10.1 Å². The van der Waals surface area contributed by atoms with Crippen LogP contribution < -0.4 is 5.32 Å². The quantitative estimate of drug-likeness (QED) is 0.620. The maximum Gasteiger partial charge on any atom is 0.408 e. The van der Waals surface area contributed by atoms with Gasteiger partial charge < -0.3 is 14.8 Å². The van der Waals surface area contributed by atoms with Gasteiger partial charge in [0.05, 0.1) is 7.11 Å². The number of hydrogen-bond acceptors (Lipinski definition) is 6. The number of nitrogens with one attached hydrogen (secondary N) is 2. The molecule has 2 N–H and O–H groups in total. The highest BCUT2D eigenvalue weighted by Crippen LogP contribution is 2.22. The Labute approximate surface area is 145 Å². The monoisotopic (exact) mass is 390 g/mol. The smallest absolute Gasteiger partial charge is 0.408 e. The fourth-order valence-corrected chi connectivity index (χ4v) is 3.19. The molecule has 1 amide bonds. The molecule has 2 atom stereocenters. The summed E-state index contributed by atoms with van der Waals surface area (Å²) >= 11 is 0. The van der Waals surface area contributed by atoms with Crippen molar-refractivity contribution in [2.75, 3.05) is 18.6 Å². The number of halogens is 3. The molecule has 0 spiro atoms. The van der Waals surface area contributed by atoms with Crippen molar-refractivity contribution in [2.24, 2.45) is 0 Å². The van der Waals surface area contributed by atoms with Crippen molar-refractivity contribution < 1.29 is 36.4 Å². The Morgan fingerprint density at radius 2 is 1.76 bits per heavy atom. The molecule has 0 unspecified atom stereocenters. The Morgan fingerprint density at radius 3 is 2.20 bits per heavy atom. The van der Waals surface area contributed by atoms with Gasteiger partial charge in [0.1, 0.15) is 11.6 Å². The Bertz CT molecular complexity index is 556. The second kappa shape index (κ2) is 9.25. The SMILES string of the molecule is COC(=O)[C@H](CC[S@@](=N)(=O)CCCC(F)(F)F)NC(=O)OC(C)(C)C. The molecule has 0 aliphatic rings. The van der Waals surface area contributed by atoms with Crippen LogP contribution >= 0.6 is 0 Å². The lowest BCUT2D eigenvalue weighted by atomic mass is 10.2. The van der Waals surface area contributed by atoms with Crippen LogP contribution in [0.2, 0.25) is 0 Å². The van der Waals surface area contributed by atoms with Gasteiger partial charge >= 0.3 is 18.2 Å². The van der Waals surface area contributed by atoms with Gasteiger partial charge in [0.25, 0.3) is 0 Å². The van der Waals surface area contributed by atoms with Gasteiger partial charge in [-0.3, -0.25) is 4.78 Å². The van der Waals surface area contributed by atoms with Gasteiger partial charge in [0.2, 0.25) is 0 Å². The van der Waals surface area contributed by atoms with Crippen LogP contribution in [0.5, 0.6) is 0 Å². The zero-order valence-electron chi connectivity index (χ0n) is 14.7. The van der Waals surface area contributed by atoms with E-state index in [-0.39, 0.29) is 12.2 Å². The Morgan fingerprint density at radius 1 is 1.20 bits per heavy atom. The highest BCUT2D eigenvalue weighted by atomic mass is 32.2. The fraction of sp³-hybridized carbons (Fsp3) is 0.857. The van der Waals surface area contributed by atoms with Gasteiger partial charge in [-0.25, -0.2) is 13.8 Å². The number of ether oxygens (including phenoxy) is 2. The van der Waals surface area contributed by atoms with Gasteiger partial charge in [0.15, 0.2) is 0 Å². The van der Waals surface area contributed by atoms with E-state index in [1.54, 1.807) is 20.8 Å². The average molecular weight is 390 g/mol. The van der Waals surface area contributed by atoms with E-state index >= 15 is 0 Å². The lowest BCUT2D eigenvalue weighted by molar-refractivity contribution is -0.143. The van der Waals surface area contributed by atoms with Gasteiger partial charge in [-0.1, -0.05) is 0 Å². The van der Waals surface area contributed by atoms with Crippen molar-refractivity contribution in [1.29, 1.82) is 4.78 Å². The van der Waals surface area contributed by atoms with Gasteiger partial charge in [0, 0.05) is 27.7 Å². The topological polar surface area (TPSA) is 106 Å². The van der Waals surface area contributed by atoms with Crippen LogP contribution in [0.3, 0.4) is 0 Å². The summed E-state index contributed by atoms with van der Waals surface area (Å²) in [6.45, 7) is 4.87. The van der Waals surface area contributed by atoms with Crippen LogP contribution in [-0.4, -0.2) is 52.7 Å². The molecule has 0 rings (SSSR count). The summed E-state index contributed by atoms with van der Waals surface area (Å²) < 4.78 is 65.4. The number of rotatable bonds is 8. The van der Waals surface area contributed by atoms with Gasteiger partial charge in [-0.05, 0) is 33.6 Å². The Kier molecular flexibility index (Phi) is 8.69. The zero-order valence-corrected chi connectivity index (χ0v) is 15.5. The normalized spacial score (nSPS) is 15.8. The van der Waals surface area contributed by atoms with Crippen molar-refractivity contribution >= 4 is 21.8 Å². The largest absolute Gasteiger partial charge is 0.467 e. The Balaban J connectivity index is 4.67. The minimum absolute atomic E-state index is 0.208. The highest BCUT2D eigenvalue weighted by molar-refractivity contribution is 7.92. The van der Waals surface area contributed by atoms with Crippen LogP contribution in [0.1, 0.15) is 40.0 Å². The number of alkyl carbamates (subject to hydrolysis) is 1. The van der Waals surface area contributed by atoms with Crippen LogP contribution in [0, 0.1) is 4.78 Å². The fourth-order valence-electron chi connectivity index (χ4n) is 1.76.